The predicted molar refractivity (Wildman–Crippen MR) is 74.1 cm³/mol. The maximum absolute atomic E-state index is 11.8. The Morgan fingerprint density at radius 1 is 1.58 bits per heavy atom. The van der Waals surface area contributed by atoms with E-state index in [1.807, 2.05) is 23.2 Å². The molecule has 5 heteroatoms. The second-order valence-electron chi connectivity index (χ2n) is 4.97. The van der Waals surface area contributed by atoms with Gasteiger partial charge in [0.1, 0.15) is 11.8 Å². The number of rotatable bonds is 4. The summed E-state index contributed by atoms with van der Waals surface area (Å²) in [6.07, 6.45) is 4.97. The highest BCUT2D eigenvalue weighted by molar-refractivity contribution is 6.29. The third kappa shape index (κ3) is 4.18. The summed E-state index contributed by atoms with van der Waals surface area (Å²) in [5, 5.41) is 0.518. The van der Waals surface area contributed by atoms with Gasteiger partial charge in [0, 0.05) is 26.4 Å². The number of amides is 1. The first kappa shape index (κ1) is 14.3. The van der Waals surface area contributed by atoms with E-state index in [4.69, 9.17) is 16.3 Å². The first-order valence-electron chi connectivity index (χ1n) is 6.56. The van der Waals surface area contributed by atoms with E-state index in [1.165, 1.54) is 5.56 Å². The Labute approximate surface area is 118 Å². The van der Waals surface area contributed by atoms with E-state index in [0.29, 0.717) is 11.1 Å². The van der Waals surface area contributed by atoms with Crippen molar-refractivity contribution in [1.82, 2.24) is 9.88 Å². The molecule has 1 atom stereocenters. The van der Waals surface area contributed by atoms with Crippen LogP contribution in [0.15, 0.2) is 18.3 Å². The number of carbonyl (C=O) groups excluding carboxylic acids is 1. The molecule has 0 radical (unpaired) electrons. The monoisotopic (exact) mass is 282 g/mol. The van der Waals surface area contributed by atoms with Crippen molar-refractivity contribution in [3.05, 3.63) is 29.0 Å². The summed E-state index contributed by atoms with van der Waals surface area (Å²) in [7, 11) is 1.55. The molecule has 1 aliphatic rings. The minimum atomic E-state index is 0.0847. The molecule has 104 valence electrons. The van der Waals surface area contributed by atoms with Gasteiger partial charge in [-0.15, -0.1) is 0 Å². The Morgan fingerprint density at radius 2 is 2.42 bits per heavy atom. The van der Waals surface area contributed by atoms with Crippen LogP contribution in [0.4, 0.5) is 0 Å². The molecule has 0 saturated carbocycles. The number of piperidine rings is 1. The molecule has 0 aliphatic carbocycles. The van der Waals surface area contributed by atoms with Crippen LogP contribution in [0.2, 0.25) is 5.15 Å². The minimum Gasteiger partial charge on any atom is -0.375 e. The second-order valence-corrected chi connectivity index (χ2v) is 5.36. The van der Waals surface area contributed by atoms with Gasteiger partial charge in [-0.05, 0) is 36.8 Å². The number of nitrogens with zero attached hydrogens (tertiary/aromatic N) is 2. The molecule has 1 amide bonds. The molecule has 0 aromatic carbocycles. The van der Waals surface area contributed by atoms with Crippen LogP contribution in [0.25, 0.3) is 0 Å². The summed E-state index contributed by atoms with van der Waals surface area (Å²) < 4.78 is 4.91. The zero-order valence-corrected chi connectivity index (χ0v) is 11.9. The molecule has 1 aromatic heterocycles. The second kappa shape index (κ2) is 6.87. The van der Waals surface area contributed by atoms with E-state index in [1.54, 1.807) is 7.11 Å². The van der Waals surface area contributed by atoms with Crippen molar-refractivity contribution in [1.29, 1.82) is 0 Å². The van der Waals surface area contributed by atoms with Crippen molar-refractivity contribution in [2.24, 2.45) is 5.92 Å². The van der Waals surface area contributed by atoms with Gasteiger partial charge in [0.2, 0.25) is 5.91 Å². The van der Waals surface area contributed by atoms with Crippen molar-refractivity contribution in [2.45, 2.75) is 19.3 Å². The molecular formula is C14H19ClN2O2. The Kier molecular flexibility index (Phi) is 5.16. The molecule has 1 fully saturated rings. The lowest BCUT2D eigenvalue weighted by Crippen LogP contribution is -2.42. The van der Waals surface area contributed by atoms with Gasteiger partial charge >= 0.3 is 0 Å². The highest BCUT2D eigenvalue weighted by atomic mass is 35.5. The standard InChI is InChI=1S/C14H19ClN2O2/c1-19-10-14(18)17-6-2-3-12(9-17)7-11-4-5-13(15)16-8-11/h4-5,8,12H,2-3,6-7,9-10H2,1H3. The molecule has 1 aliphatic heterocycles. The summed E-state index contributed by atoms with van der Waals surface area (Å²) in [5.74, 6) is 0.582. The van der Waals surface area contributed by atoms with Crippen LogP contribution in [0, 0.1) is 5.92 Å². The van der Waals surface area contributed by atoms with E-state index in [9.17, 15) is 4.79 Å². The van der Waals surface area contributed by atoms with Gasteiger partial charge in [-0.2, -0.15) is 0 Å². The van der Waals surface area contributed by atoms with Gasteiger partial charge in [-0.3, -0.25) is 4.79 Å². The maximum atomic E-state index is 11.8. The fraction of sp³-hybridized carbons (Fsp3) is 0.571. The topological polar surface area (TPSA) is 42.4 Å². The number of likely N-dealkylation sites (tertiary alicyclic amines) is 1. The van der Waals surface area contributed by atoms with E-state index >= 15 is 0 Å². The molecule has 1 unspecified atom stereocenters. The van der Waals surface area contributed by atoms with Gasteiger partial charge in [0.15, 0.2) is 0 Å². The van der Waals surface area contributed by atoms with Crippen LogP contribution in [-0.2, 0) is 16.0 Å². The highest BCUT2D eigenvalue weighted by Crippen LogP contribution is 2.21. The maximum Gasteiger partial charge on any atom is 0.248 e. The highest BCUT2D eigenvalue weighted by Gasteiger charge is 2.23. The third-order valence-corrected chi connectivity index (χ3v) is 3.68. The van der Waals surface area contributed by atoms with E-state index in [-0.39, 0.29) is 12.5 Å². The van der Waals surface area contributed by atoms with Crippen LogP contribution < -0.4 is 0 Å². The number of pyridine rings is 1. The summed E-state index contributed by atoms with van der Waals surface area (Å²) in [4.78, 5) is 17.8. The third-order valence-electron chi connectivity index (χ3n) is 3.45. The Hall–Kier alpha value is -1.13. The first-order valence-corrected chi connectivity index (χ1v) is 6.94. The van der Waals surface area contributed by atoms with Crippen LogP contribution >= 0.6 is 11.6 Å². The normalized spacial score (nSPS) is 19.5. The fourth-order valence-electron chi connectivity index (χ4n) is 2.53. The predicted octanol–water partition coefficient (Wildman–Crippen LogP) is 2.16. The van der Waals surface area contributed by atoms with Crippen molar-refractivity contribution in [2.75, 3.05) is 26.8 Å². The summed E-state index contributed by atoms with van der Waals surface area (Å²) >= 11 is 5.78. The van der Waals surface area contributed by atoms with E-state index in [0.717, 1.165) is 32.4 Å². The molecule has 0 spiro atoms. The Bertz CT molecular complexity index is 422. The van der Waals surface area contributed by atoms with Gasteiger partial charge in [-0.1, -0.05) is 17.7 Å². The molecule has 0 bridgehead atoms. The van der Waals surface area contributed by atoms with Gasteiger partial charge in [0.05, 0.1) is 0 Å². The SMILES string of the molecule is COCC(=O)N1CCCC(Cc2ccc(Cl)nc2)C1. The molecular weight excluding hydrogens is 264 g/mol. The lowest BCUT2D eigenvalue weighted by Gasteiger charge is -2.32. The number of methoxy groups -OCH3 is 1. The average Bonchev–Trinajstić information content (AvgIpc) is 2.42. The minimum absolute atomic E-state index is 0.0847. The summed E-state index contributed by atoms with van der Waals surface area (Å²) in [5.41, 5.74) is 1.18. The molecule has 2 rings (SSSR count). The summed E-state index contributed by atoms with van der Waals surface area (Å²) in [6, 6.07) is 3.82. The zero-order valence-electron chi connectivity index (χ0n) is 11.1. The largest absolute Gasteiger partial charge is 0.375 e. The Morgan fingerprint density at radius 3 is 3.11 bits per heavy atom. The molecule has 1 aromatic rings. The quantitative estimate of drug-likeness (QED) is 0.795. The van der Waals surface area contributed by atoms with Crippen molar-refractivity contribution >= 4 is 17.5 Å². The number of aromatic nitrogens is 1. The van der Waals surface area contributed by atoms with Gasteiger partial charge in [-0.25, -0.2) is 4.98 Å². The summed E-state index contributed by atoms with van der Waals surface area (Å²) in [6.45, 7) is 1.83. The lowest BCUT2D eigenvalue weighted by molar-refractivity contribution is -0.136. The lowest BCUT2D eigenvalue weighted by atomic mass is 9.92. The van der Waals surface area contributed by atoms with Gasteiger partial charge < -0.3 is 9.64 Å². The van der Waals surface area contributed by atoms with E-state index < -0.39 is 0 Å². The van der Waals surface area contributed by atoms with Crippen LogP contribution in [0.1, 0.15) is 18.4 Å². The first-order chi connectivity index (χ1) is 9.19. The Balaban J connectivity index is 1.90. The number of ether oxygens (including phenoxy) is 1. The van der Waals surface area contributed by atoms with Crippen molar-refractivity contribution < 1.29 is 9.53 Å². The van der Waals surface area contributed by atoms with Crippen LogP contribution in [-0.4, -0.2) is 42.6 Å². The van der Waals surface area contributed by atoms with E-state index in [2.05, 4.69) is 4.98 Å². The molecule has 2 heterocycles. The number of hydrogen-bond acceptors (Lipinski definition) is 3. The number of halogens is 1. The van der Waals surface area contributed by atoms with Crippen molar-refractivity contribution in [3.63, 3.8) is 0 Å². The zero-order chi connectivity index (χ0) is 13.7. The average molecular weight is 283 g/mol. The number of hydrogen-bond donors (Lipinski definition) is 0. The van der Waals surface area contributed by atoms with Crippen LogP contribution in [0.5, 0.6) is 0 Å². The fourth-order valence-corrected chi connectivity index (χ4v) is 2.65. The van der Waals surface area contributed by atoms with Crippen LogP contribution in [0.3, 0.4) is 0 Å². The van der Waals surface area contributed by atoms with Gasteiger partial charge in [0.25, 0.3) is 0 Å². The molecule has 1 saturated heterocycles. The molecule has 0 N–H and O–H groups in total. The number of carbonyl (C=O) groups is 1. The molecule has 4 nitrogen and oxygen atoms in total. The van der Waals surface area contributed by atoms with Crippen molar-refractivity contribution in [3.8, 4) is 0 Å². The molecule has 19 heavy (non-hydrogen) atoms. The smallest absolute Gasteiger partial charge is 0.248 e.